The number of halogens is 1. The molecule has 34 heavy (non-hydrogen) atoms. The van der Waals surface area contributed by atoms with Crippen LogP contribution in [0.1, 0.15) is 39.2 Å². The molecule has 2 bridgehead atoms. The van der Waals surface area contributed by atoms with Crippen molar-refractivity contribution in [1.29, 1.82) is 0 Å². The van der Waals surface area contributed by atoms with Gasteiger partial charge in [0.05, 0.1) is 36.1 Å². The first-order valence-corrected chi connectivity index (χ1v) is 12.0. The first kappa shape index (κ1) is 22.7. The van der Waals surface area contributed by atoms with Crippen LogP contribution in [0.5, 0.6) is 5.75 Å². The Morgan fingerprint density at radius 3 is 2.74 bits per heavy atom. The molecule has 3 aromatic rings. The smallest absolute Gasteiger partial charge is 0.261 e. The fraction of sp³-hybridized carbons (Fsp3) is 0.481. The van der Waals surface area contributed by atoms with Crippen molar-refractivity contribution in [3.8, 4) is 5.75 Å². The van der Waals surface area contributed by atoms with E-state index >= 15 is 0 Å². The van der Waals surface area contributed by atoms with E-state index < -0.39 is 0 Å². The van der Waals surface area contributed by atoms with Gasteiger partial charge in [-0.15, -0.1) is 0 Å². The molecule has 3 aliphatic carbocycles. The van der Waals surface area contributed by atoms with Gasteiger partial charge in [0.25, 0.3) is 5.56 Å². The van der Waals surface area contributed by atoms with Crippen LogP contribution in [-0.4, -0.2) is 22.7 Å². The van der Waals surface area contributed by atoms with E-state index in [9.17, 15) is 9.18 Å². The van der Waals surface area contributed by atoms with Gasteiger partial charge in [-0.05, 0) is 72.3 Å². The molecule has 178 valence electrons. The van der Waals surface area contributed by atoms with Crippen molar-refractivity contribution >= 4 is 16.6 Å². The molecule has 1 aromatic heterocycles. The number of rotatable bonds is 6. The Labute approximate surface area is 198 Å². The SMILES string of the molecule is COc1ccc(CCn2cnc3cc(N=NC4CC5C[C@@H]([C@@H]4C)C5(C)C)ccc3c2=O)c(F)c1. The fourth-order valence-corrected chi connectivity index (χ4v) is 5.88. The van der Waals surface area contributed by atoms with E-state index in [-0.39, 0.29) is 17.4 Å². The van der Waals surface area contributed by atoms with Crippen molar-refractivity contribution in [2.24, 2.45) is 33.4 Å². The molecule has 0 aliphatic heterocycles. The molecule has 0 amide bonds. The maximum Gasteiger partial charge on any atom is 0.261 e. The van der Waals surface area contributed by atoms with Crippen LogP contribution in [0.4, 0.5) is 10.1 Å². The van der Waals surface area contributed by atoms with E-state index in [1.54, 1.807) is 18.2 Å². The summed E-state index contributed by atoms with van der Waals surface area (Å²) in [6, 6.07) is 10.4. The average molecular weight is 463 g/mol. The molecule has 0 radical (unpaired) electrons. The number of ether oxygens (including phenoxy) is 1. The standard InChI is InChI=1S/C27H31FN4O2/c1-16-22-11-18(27(22,2)3)12-24(16)31-30-19-6-8-21-25(13-19)29-15-32(26(21)33)10-9-17-5-7-20(34-4)14-23(17)28/h5-8,13-16,18,22,24H,9-12H2,1-4H3/t16-,18?,22-,24?/m0/s1. The summed E-state index contributed by atoms with van der Waals surface area (Å²) in [5.74, 6) is 2.12. The Morgan fingerprint density at radius 1 is 1.21 bits per heavy atom. The number of hydrogen-bond donors (Lipinski definition) is 0. The Kier molecular flexibility index (Phi) is 5.74. The lowest BCUT2D eigenvalue weighted by atomic mass is 9.45. The van der Waals surface area contributed by atoms with E-state index in [0.717, 1.165) is 18.3 Å². The van der Waals surface area contributed by atoms with Gasteiger partial charge in [0.15, 0.2) is 0 Å². The highest BCUT2D eigenvalue weighted by Crippen LogP contribution is 2.61. The molecular formula is C27H31FN4O2. The molecular weight excluding hydrogens is 431 g/mol. The van der Waals surface area contributed by atoms with Gasteiger partial charge in [-0.3, -0.25) is 9.36 Å². The minimum Gasteiger partial charge on any atom is -0.497 e. The van der Waals surface area contributed by atoms with E-state index in [0.29, 0.717) is 52.2 Å². The van der Waals surface area contributed by atoms with Crippen LogP contribution in [0.15, 0.2) is 57.7 Å². The molecule has 3 saturated carbocycles. The summed E-state index contributed by atoms with van der Waals surface area (Å²) in [6.45, 7) is 7.40. The first-order chi connectivity index (χ1) is 16.3. The molecule has 6 rings (SSSR count). The van der Waals surface area contributed by atoms with Crippen LogP contribution in [0.3, 0.4) is 0 Å². The molecule has 2 aromatic carbocycles. The maximum absolute atomic E-state index is 14.2. The summed E-state index contributed by atoms with van der Waals surface area (Å²) < 4.78 is 20.8. The average Bonchev–Trinajstić information content (AvgIpc) is 2.83. The molecule has 4 atom stereocenters. The van der Waals surface area contributed by atoms with Gasteiger partial charge >= 0.3 is 0 Å². The first-order valence-electron chi connectivity index (χ1n) is 12.0. The third kappa shape index (κ3) is 3.91. The number of aryl methyl sites for hydroxylation is 2. The molecule has 3 fully saturated rings. The topological polar surface area (TPSA) is 68.8 Å². The summed E-state index contributed by atoms with van der Waals surface area (Å²) >= 11 is 0. The number of hydrogen-bond acceptors (Lipinski definition) is 5. The maximum atomic E-state index is 14.2. The minimum atomic E-state index is -0.343. The Bertz CT molecular complexity index is 1320. The molecule has 2 unspecified atom stereocenters. The molecule has 0 N–H and O–H groups in total. The van der Waals surface area contributed by atoms with E-state index in [2.05, 4.69) is 36.0 Å². The molecule has 6 nitrogen and oxygen atoms in total. The lowest BCUT2D eigenvalue weighted by Gasteiger charge is -2.61. The minimum absolute atomic E-state index is 0.148. The highest BCUT2D eigenvalue weighted by molar-refractivity contribution is 5.80. The predicted molar refractivity (Wildman–Crippen MR) is 130 cm³/mol. The largest absolute Gasteiger partial charge is 0.497 e. The van der Waals surface area contributed by atoms with Crippen molar-refractivity contribution in [3.63, 3.8) is 0 Å². The molecule has 0 saturated heterocycles. The van der Waals surface area contributed by atoms with Crippen molar-refractivity contribution in [3.05, 3.63) is 64.5 Å². The second kappa shape index (κ2) is 8.60. The highest BCUT2D eigenvalue weighted by atomic mass is 19.1. The van der Waals surface area contributed by atoms with Crippen molar-refractivity contribution in [2.45, 2.75) is 52.6 Å². The summed E-state index contributed by atoms with van der Waals surface area (Å²) in [6.07, 6.45) is 4.32. The van der Waals surface area contributed by atoms with Gasteiger partial charge in [0.2, 0.25) is 0 Å². The summed E-state index contributed by atoms with van der Waals surface area (Å²) in [5.41, 5.74) is 2.11. The van der Waals surface area contributed by atoms with Gasteiger partial charge in [-0.25, -0.2) is 9.37 Å². The van der Waals surface area contributed by atoms with Gasteiger partial charge in [-0.1, -0.05) is 26.8 Å². The highest BCUT2D eigenvalue weighted by Gasteiger charge is 2.56. The van der Waals surface area contributed by atoms with Crippen LogP contribution in [0.2, 0.25) is 0 Å². The Hall–Kier alpha value is -3.09. The zero-order valence-corrected chi connectivity index (χ0v) is 20.2. The lowest BCUT2D eigenvalue weighted by Crippen LogP contribution is -2.56. The number of aromatic nitrogens is 2. The number of benzene rings is 2. The fourth-order valence-electron chi connectivity index (χ4n) is 5.88. The van der Waals surface area contributed by atoms with Crippen LogP contribution < -0.4 is 10.3 Å². The molecule has 7 heteroatoms. The number of nitrogens with zero attached hydrogens (tertiary/aromatic N) is 4. The van der Waals surface area contributed by atoms with Crippen molar-refractivity contribution in [1.82, 2.24) is 9.55 Å². The second-order valence-electron chi connectivity index (χ2n) is 10.4. The predicted octanol–water partition coefficient (Wildman–Crippen LogP) is 5.94. The molecule has 1 heterocycles. The zero-order chi connectivity index (χ0) is 24.0. The summed E-state index contributed by atoms with van der Waals surface area (Å²) in [4.78, 5) is 17.4. The van der Waals surface area contributed by atoms with Gasteiger partial charge in [0.1, 0.15) is 11.6 Å². The van der Waals surface area contributed by atoms with E-state index in [1.165, 1.54) is 30.5 Å². The second-order valence-corrected chi connectivity index (χ2v) is 10.4. The summed E-state index contributed by atoms with van der Waals surface area (Å²) in [5, 5.41) is 9.71. The van der Waals surface area contributed by atoms with Crippen LogP contribution in [-0.2, 0) is 13.0 Å². The molecule has 3 aliphatic rings. The monoisotopic (exact) mass is 462 g/mol. The Morgan fingerprint density at radius 2 is 2.03 bits per heavy atom. The van der Waals surface area contributed by atoms with Gasteiger partial charge < -0.3 is 4.74 Å². The van der Waals surface area contributed by atoms with Crippen molar-refractivity contribution in [2.75, 3.05) is 7.11 Å². The van der Waals surface area contributed by atoms with E-state index in [1.807, 2.05) is 12.1 Å². The number of methoxy groups -OCH3 is 1. The molecule has 0 spiro atoms. The summed E-state index contributed by atoms with van der Waals surface area (Å²) in [7, 11) is 1.50. The van der Waals surface area contributed by atoms with E-state index in [4.69, 9.17) is 4.74 Å². The quantitative estimate of drug-likeness (QED) is 0.426. The van der Waals surface area contributed by atoms with Gasteiger partial charge in [0, 0.05) is 12.6 Å². The normalized spacial score (nSPS) is 25.4. The lowest BCUT2D eigenvalue weighted by molar-refractivity contribution is -0.109. The zero-order valence-electron chi connectivity index (χ0n) is 20.2. The van der Waals surface area contributed by atoms with Crippen molar-refractivity contribution < 1.29 is 9.13 Å². The number of fused-ring (bicyclic) bond motifs is 3. The van der Waals surface area contributed by atoms with Gasteiger partial charge in [-0.2, -0.15) is 10.2 Å². The number of azo groups is 1. The van der Waals surface area contributed by atoms with Crippen LogP contribution in [0, 0.1) is 29.0 Å². The Balaban J connectivity index is 1.30. The van der Waals surface area contributed by atoms with Crippen LogP contribution in [0.25, 0.3) is 10.9 Å². The third-order valence-corrected chi connectivity index (χ3v) is 8.33. The third-order valence-electron chi connectivity index (χ3n) is 8.33. The van der Waals surface area contributed by atoms with Crippen LogP contribution >= 0.6 is 0 Å².